The quantitative estimate of drug-likeness (QED) is 0.728. The number of amides is 1. The summed E-state index contributed by atoms with van der Waals surface area (Å²) in [5, 5.41) is 8.08. The normalized spacial score (nSPS) is 21.5. The average Bonchev–Trinajstić information content (AvgIpc) is 3.01. The number of carbonyl (C=O) groups is 1. The molecule has 2 aromatic rings. The lowest BCUT2D eigenvalue weighted by atomic mass is 9.92. The molecule has 0 unspecified atom stereocenters. The molecule has 2 aliphatic rings. The third-order valence-electron chi connectivity index (χ3n) is 6.15. The van der Waals surface area contributed by atoms with Crippen molar-refractivity contribution in [2.75, 3.05) is 19.6 Å². The van der Waals surface area contributed by atoms with Crippen molar-refractivity contribution in [3.8, 4) is 0 Å². The molecule has 0 radical (unpaired) electrons. The minimum absolute atomic E-state index is 0.209. The van der Waals surface area contributed by atoms with Crippen LogP contribution in [0.15, 0.2) is 21.3 Å². The number of carbonyl (C=O) groups excluding carboxylic acids is 1. The van der Waals surface area contributed by atoms with Crippen LogP contribution < -0.4 is 0 Å². The Morgan fingerprint density at radius 1 is 1.44 bits per heavy atom. The summed E-state index contributed by atoms with van der Waals surface area (Å²) < 4.78 is 5.19. The van der Waals surface area contributed by atoms with Crippen LogP contribution >= 0.6 is 11.3 Å². The Morgan fingerprint density at radius 3 is 2.89 bits per heavy atom. The monoisotopic (exact) mass is 388 g/mol. The fraction of sp³-hybridized carbons (Fsp3) is 0.650. The first kappa shape index (κ1) is 18.6. The van der Waals surface area contributed by atoms with Crippen molar-refractivity contribution in [1.82, 2.24) is 19.9 Å². The Labute approximate surface area is 164 Å². The van der Waals surface area contributed by atoms with E-state index in [0.29, 0.717) is 17.3 Å². The third kappa shape index (κ3) is 4.24. The van der Waals surface area contributed by atoms with Crippen LogP contribution in [0, 0.1) is 12.3 Å². The molecule has 2 fully saturated rings. The van der Waals surface area contributed by atoms with Gasteiger partial charge in [-0.3, -0.25) is 4.79 Å². The lowest BCUT2D eigenvalue weighted by Crippen LogP contribution is -2.40. The molecular formula is C20H28N4O2S. The van der Waals surface area contributed by atoms with Crippen LogP contribution in [-0.4, -0.2) is 51.5 Å². The van der Waals surface area contributed by atoms with Gasteiger partial charge in [0.15, 0.2) is 5.82 Å². The molecule has 1 saturated carbocycles. The Morgan fingerprint density at radius 2 is 2.26 bits per heavy atom. The maximum absolute atomic E-state index is 12.2. The van der Waals surface area contributed by atoms with Crippen LogP contribution in [0.3, 0.4) is 0 Å². The number of hydrogen-bond acceptors (Lipinski definition) is 6. The van der Waals surface area contributed by atoms with Gasteiger partial charge in [-0.05, 0) is 80.0 Å². The van der Waals surface area contributed by atoms with Gasteiger partial charge in [0.25, 0.3) is 0 Å². The Balaban J connectivity index is 1.24. The summed E-state index contributed by atoms with van der Waals surface area (Å²) in [5.41, 5.74) is 1.62. The van der Waals surface area contributed by atoms with Crippen molar-refractivity contribution < 1.29 is 9.32 Å². The van der Waals surface area contributed by atoms with E-state index in [-0.39, 0.29) is 5.91 Å². The topological polar surface area (TPSA) is 62.5 Å². The molecule has 7 heteroatoms. The number of piperidine rings is 1. The van der Waals surface area contributed by atoms with Gasteiger partial charge in [-0.15, -0.1) is 0 Å². The number of likely N-dealkylation sites (tertiary alicyclic amines) is 1. The minimum atomic E-state index is 0.209. The fourth-order valence-electron chi connectivity index (χ4n) is 4.44. The van der Waals surface area contributed by atoms with E-state index in [1.54, 1.807) is 18.3 Å². The first-order valence-electron chi connectivity index (χ1n) is 9.86. The number of rotatable bonds is 7. The number of nitrogens with zero attached hydrogens (tertiary/aromatic N) is 4. The van der Waals surface area contributed by atoms with Crippen LogP contribution in [0.2, 0.25) is 0 Å². The van der Waals surface area contributed by atoms with Gasteiger partial charge in [-0.2, -0.15) is 16.3 Å². The van der Waals surface area contributed by atoms with Gasteiger partial charge < -0.3 is 14.3 Å². The maximum atomic E-state index is 12.2. The van der Waals surface area contributed by atoms with Crippen LogP contribution in [0.4, 0.5) is 0 Å². The highest BCUT2D eigenvalue weighted by Gasteiger charge is 2.58. The van der Waals surface area contributed by atoms with Gasteiger partial charge in [0.1, 0.15) is 0 Å². The second-order valence-electron chi connectivity index (χ2n) is 8.04. The molecule has 27 heavy (non-hydrogen) atoms. The lowest BCUT2D eigenvalue weighted by Gasteiger charge is -2.34. The maximum Gasteiger partial charge on any atom is 0.226 e. The highest BCUT2D eigenvalue weighted by molar-refractivity contribution is 7.07. The number of aromatic nitrogens is 2. The second kappa shape index (κ2) is 7.72. The first-order valence-corrected chi connectivity index (χ1v) is 10.8. The lowest BCUT2D eigenvalue weighted by molar-refractivity contribution is -0.130. The van der Waals surface area contributed by atoms with Crippen molar-refractivity contribution >= 4 is 17.2 Å². The van der Waals surface area contributed by atoms with Crippen molar-refractivity contribution in [2.24, 2.45) is 5.41 Å². The van der Waals surface area contributed by atoms with Crippen LogP contribution in [0.1, 0.15) is 49.9 Å². The van der Waals surface area contributed by atoms with Gasteiger partial charge in [0.05, 0.1) is 0 Å². The van der Waals surface area contributed by atoms with Gasteiger partial charge >= 0.3 is 0 Å². The van der Waals surface area contributed by atoms with E-state index in [4.69, 9.17) is 4.52 Å². The first-order chi connectivity index (χ1) is 13.1. The molecule has 4 rings (SSSR count). The van der Waals surface area contributed by atoms with Crippen molar-refractivity contribution in [2.45, 2.75) is 58.5 Å². The summed E-state index contributed by atoms with van der Waals surface area (Å²) in [6.07, 6.45) is 5.47. The predicted molar refractivity (Wildman–Crippen MR) is 104 cm³/mol. The Hall–Kier alpha value is -1.73. The van der Waals surface area contributed by atoms with Gasteiger partial charge in [-0.1, -0.05) is 5.16 Å². The number of thiophene rings is 1. The Bertz CT molecular complexity index is 765. The molecule has 1 aliphatic heterocycles. The zero-order valence-electron chi connectivity index (χ0n) is 16.2. The number of aryl methyl sites for hydroxylation is 2. The standard InChI is InChI=1S/C20H28N4O2S/c1-15-21-19(26-22-15)4-3-8-23-9-6-20(7-10-23)12-18(20)24(16(2)25)13-17-5-11-27-14-17/h5,11,14,18H,3-4,6-10,12-13H2,1-2H3/t18-/m0/s1. The highest BCUT2D eigenvalue weighted by Crippen LogP contribution is 2.57. The van der Waals surface area contributed by atoms with E-state index in [9.17, 15) is 4.79 Å². The average molecular weight is 389 g/mol. The van der Waals surface area contributed by atoms with Gasteiger partial charge in [0.2, 0.25) is 11.8 Å². The summed E-state index contributed by atoms with van der Waals surface area (Å²) in [7, 11) is 0. The molecule has 0 aromatic carbocycles. The summed E-state index contributed by atoms with van der Waals surface area (Å²) in [4.78, 5) is 21.1. The van der Waals surface area contributed by atoms with E-state index >= 15 is 0 Å². The van der Waals surface area contributed by atoms with Crippen LogP contribution in [0.5, 0.6) is 0 Å². The zero-order chi connectivity index (χ0) is 18.9. The highest BCUT2D eigenvalue weighted by atomic mass is 32.1. The SMILES string of the molecule is CC(=O)N(Cc1ccsc1)[C@H]1CC12CCN(CCCc1nc(C)no1)CC2. The molecule has 1 spiro atoms. The van der Waals surface area contributed by atoms with Gasteiger partial charge in [-0.25, -0.2) is 0 Å². The molecule has 1 amide bonds. The largest absolute Gasteiger partial charge is 0.339 e. The summed E-state index contributed by atoms with van der Waals surface area (Å²) in [6, 6.07) is 2.56. The molecule has 2 aromatic heterocycles. The molecule has 0 bridgehead atoms. The molecule has 0 N–H and O–H groups in total. The van der Waals surface area contributed by atoms with Crippen molar-refractivity contribution in [3.63, 3.8) is 0 Å². The smallest absolute Gasteiger partial charge is 0.226 e. The molecular weight excluding hydrogens is 360 g/mol. The Kier molecular flexibility index (Phi) is 5.32. The van der Waals surface area contributed by atoms with E-state index in [1.165, 1.54) is 24.8 Å². The molecule has 1 saturated heterocycles. The van der Waals surface area contributed by atoms with Gasteiger partial charge in [0, 0.05) is 25.9 Å². The second-order valence-corrected chi connectivity index (χ2v) is 8.82. The summed E-state index contributed by atoms with van der Waals surface area (Å²) in [6.45, 7) is 7.66. The molecule has 1 atom stereocenters. The van der Waals surface area contributed by atoms with E-state index in [1.807, 2.05) is 6.92 Å². The molecule has 6 nitrogen and oxygen atoms in total. The van der Waals surface area contributed by atoms with Crippen LogP contribution in [0.25, 0.3) is 0 Å². The zero-order valence-corrected chi connectivity index (χ0v) is 17.0. The van der Waals surface area contributed by atoms with E-state index in [2.05, 4.69) is 36.8 Å². The number of hydrogen-bond donors (Lipinski definition) is 0. The minimum Gasteiger partial charge on any atom is -0.339 e. The predicted octanol–water partition coefficient (Wildman–Crippen LogP) is 3.28. The molecule has 1 aliphatic carbocycles. The van der Waals surface area contributed by atoms with E-state index in [0.717, 1.165) is 44.9 Å². The fourth-order valence-corrected chi connectivity index (χ4v) is 5.10. The van der Waals surface area contributed by atoms with E-state index < -0.39 is 0 Å². The third-order valence-corrected chi connectivity index (χ3v) is 6.88. The molecule has 3 heterocycles. The van der Waals surface area contributed by atoms with Crippen molar-refractivity contribution in [1.29, 1.82) is 0 Å². The van der Waals surface area contributed by atoms with Crippen LogP contribution in [-0.2, 0) is 17.8 Å². The molecule has 146 valence electrons. The van der Waals surface area contributed by atoms with Crippen molar-refractivity contribution in [3.05, 3.63) is 34.1 Å². The summed E-state index contributed by atoms with van der Waals surface area (Å²) >= 11 is 1.70. The summed E-state index contributed by atoms with van der Waals surface area (Å²) in [5.74, 6) is 1.66.